The van der Waals surface area contributed by atoms with Crippen molar-refractivity contribution in [1.82, 2.24) is 34.3 Å². The zero-order valence-corrected chi connectivity index (χ0v) is 47.4. The standard InChI is InChI=1S/C31H28F6N4O2.C12H18F2N2O2.C10H13F3N2O2.C4H8O.CH4/c1-30(2,3)27-15-26(31(35,36)37)40-41(27)16-22(42)12-19(9-17-10-20(32)14-21(33)11-17)28-23(5-4-8-39-28)18-6-7-25(34)24(13-18)29(38)43;1-5-18-10(17)7-16-9(12(2,3)4)6-8(15-16)11(13)14;1-9(2,3)7-4-6(10(11,12)13)14-15(7)5-8(16)17;1-2-4-5-3-1;/h4-8,10-11,13-15,19H,9,12,16H2,1-3H3,(H2,38,43);6,11H,5,7H2,1-4H3;4H,5H2,1-3H3,(H,16,17);1-4H2;1H4/t19-;;;;/m1..../s1. The van der Waals surface area contributed by atoms with Crippen LogP contribution in [0.1, 0.15) is 164 Å². The predicted molar refractivity (Wildman–Crippen MR) is 289 cm³/mol. The van der Waals surface area contributed by atoms with Crippen molar-refractivity contribution in [2.45, 2.75) is 163 Å². The number of hydrogen-bond donors (Lipinski definition) is 2. The number of carboxylic acids is 1. The monoisotopic (exact) mass is 1200 g/mol. The van der Waals surface area contributed by atoms with Gasteiger partial charge in [0.25, 0.3) is 12.3 Å². The fraction of sp³-hybridized carbons (Fsp3) is 0.483. The number of Topliss-reactive ketones (excluding diaryl/α,β-unsaturated/α-hetero) is 1. The Kier molecular flexibility index (Phi) is 24.7. The molecule has 462 valence electrons. The third kappa shape index (κ3) is 21.0. The predicted octanol–water partition coefficient (Wildman–Crippen LogP) is 13.2. The molecular formula is C58H71F11N8O7. The molecule has 3 N–H and O–H groups in total. The number of nitrogens with zero attached hydrogens (tertiary/aromatic N) is 7. The van der Waals surface area contributed by atoms with E-state index in [9.17, 15) is 67.5 Å². The van der Waals surface area contributed by atoms with Crippen molar-refractivity contribution in [3.63, 3.8) is 0 Å². The second-order valence-corrected chi connectivity index (χ2v) is 22.2. The van der Waals surface area contributed by atoms with Crippen LogP contribution in [0.5, 0.6) is 0 Å². The molecule has 1 fully saturated rings. The van der Waals surface area contributed by atoms with E-state index >= 15 is 0 Å². The minimum Gasteiger partial charge on any atom is -0.480 e. The molecule has 4 aromatic heterocycles. The molecule has 84 heavy (non-hydrogen) atoms. The van der Waals surface area contributed by atoms with Gasteiger partial charge in [0.15, 0.2) is 17.2 Å². The Morgan fingerprint density at radius 3 is 1.63 bits per heavy atom. The number of halogens is 11. The molecule has 0 radical (unpaired) electrons. The van der Waals surface area contributed by atoms with Crippen molar-refractivity contribution in [3.05, 3.63) is 141 Å². The van der Waals surface area contributed by atoms with Crippen LogP contribution in [0.2, 0.25) is 0 Å². The van der Waals surface area contributed by atoms with Crippen LogP contribution in [0.15, 0.2) is 72.9 Å². The summed E-state index contributed by atoms with van der Waals surface area (Å²) in [5, 5.41) is 19.3. The van der Waals surface area contributed by atoms with E-state index in [2.05, 4.69) is 20.3 Å². The van der Waals surface area contributed by atoms with Crippen molar-refractivity contribution in [1.29, 1.82) is 0 Å². The minimum absolute atomic E-state index is 0. The third-order valence-corrected chi connectivity index (χ3v) is 12.1. The number of aliphatic carboxylic acids is 1. The summed E-state index contributed by atoms with van der Waals surface area (Å²) in [6.45, 7) is 18.5. The number of carboxylic acid groups (broad SMARTS) is 1. The summed E-state index contributed by atoms with van der Waals surface area (Å²) in [5.41, 5.74) is 2.94. The quantitative estimate of drug-likeness (QED) is 0.0732. The van der Waals surface area contributed by atoms with Gasteiger partial charge in [-0.15, -0.1) is 0 Å². The highest BCUT2D eigenvalue weighted by Crippen LogP contribution is 2.37. The Morgan fingerprint density at radius 2 is 1.19 bits per heavy atom. The van der Waals surface area contributed by atoms with Gasteiger partial charge in [-0.25, -0.2) is 22.0 Å². The topological polar surface area (TPSA) is 199 Å². The summed E-state index contributed by atoms with van der Waals surface area (Å²) in [4.78, 5) is 51.6. The molecule has 15 nitrogen and oxygen atoms in total. The maximum atomic E-state index is 14.2. The molecule has 0 unspecified atom stereocenters. The van der Waals surface area contributed by atoms with Gasteiger partial charge in [0.05, 0.1) is 24.4 Å². The van der Waals surface area contributed by atoms with Gasteiger partial charge in [-0.1, -0.05) is 81.9 Å². The highest BCUT2D eigenvalue weighted by Gasteiger charge is 2.38. The number of ether oxygens (including phenoxy) is 2. The summed E-state index contributed by atoms with van der Waals surface area (Å²) in [7, 11) is 0. The fourth-order valence-electron chi connectivity index (χ4n) is 8.45. The molecule has 1 atom stereocenters. The van der Waals surface area contributed by atoms with Crippen molar-refractivity contribution in [3.8, 4) is 11.1 Å². The lowest BCUT2D eigenvalue weighted by Gasteiger charge is -2.22. The van der Waals surface area contributed by atoms with Gasteiger partial charge >= 0.3 is 24.3 Å². The number of amides is 1. The Bertz CT molecular complexity index is 3150. The Balaban J connectivity index is 0.000000368. The van der Waals surface area contributed by atoms with E-state index in [1.807, 2.05) is 20.8 Å². The maximum absolute atomic E-state index is 14.2. The van der Waals surface area contributed by atoms with E-state index in [0.717, 1.165) is 52.9 Å². The van der Waals surface area contributed by atoms with E-state index < -0.39 is 101 Å². The average molecular weight is 1200 g/mol. The number of nitrogens with two attached hydrogens (primary N) is 1. The number of esters is 1. The molecule has 0 bridgehead atoms. The number of aromatic nitrogens is 7. The molecule has 5 heterocycles. The van der Waals surface area contributed by atoms with Crippen molar-refractivity contribution in [2.75, 3.05) is 19.8 Å². The average Bonchev–Trinajstić information content (AvgIpc) is 3.64. The van der Waals surface area contributed by atoms with Crippen LogP contribution in [0, 0.1) is 17.5 Å². The number of carbonyl (C=O) groups is 4. The van der Waals surface area contributed by atoms with Gasteiger partial charge in [0.2, 0.25) is 0 Å². The molecule has 7 rings (SSSR count). The SMILES string of the molecule is C.C1CCOC1.CC(C)(C)c1cc(C(F)(F)F)nn1CC(=O)C[C@@H](Cc1cc(F)cc(F)c1)c1ncccc1-c1ccc(F)c(C(N)=O)c1.CC(C)(C)c1cc(C(F)(F)F)nn1CC(=O)O.CCOC(=O)Cn1nc(C(F)F)cc1C(C)(C)C. The first-order valence-corrected chi connectivity index (χ1v) is 25.9. The van der Waals surface area contributed by atoms with E-state index in [1.54, 1.807) is 60.6 Å². The molecule has 6 aromatic rings. The number of pyridine rings is 1. The van der Waals surface area contributed by atoms with Crippen LogP contribution < -0.4 is 5.73 Å². The van der Waals surface area contributed by atoms with Crippen LogP contribution in [0.3, 0.4) is 0 Å². The summed E-state index contributed by atoms with van der Waals surface area (Å²) in [6.07, 6.45) is -8.31. The number of alkyl halides is 8. The van der Waals surface area contributed by atoms with Gasteiger partial charge in [-0.3, -0.25) is 38.2 Å². The van der Waals surface area contributed by atoms with Crippen molar-refractivity contribution < 1.29 is 82.1 Å². The van der Waals surface area contributed by atoms with Crippen molar-refractivity contribution >= 4 is 23.6 Å². The van der Waals surface area contributed by atoms with Gasteiger partial charge in [-0.05, 0) is 85.8 Å². The van der Waals surface area contributed by atoms with Gasteiger partial charge in [-0.2, -0.15) is 41.6 Å². The fourth-order valence-corrected chi connectivity index (χ4v) is 8.45. The van der Waals surface area contributed by atoms with Gasteiger partial charge < -0.3 is 20.3 Å². The second-order valence-electron chi connectivity index (χ2n) is 22.2. The van der Waals surface area contributed by atoms with Crippen LogP contribution in [0.4, 0.5) is 48.3 Å². The zero-order chi connectivity index (χ0) is 62.6. The second kappa shape index (κ2) is 29.3. The molecule has 1 amide bonds. The molecule has 1 aliphatic heterocycles. The summed E-state index contributed by atoms with van der Waals surface area (Å²) in [6, 6.07) is 12.9. The van der Waals surface area contributed by atoms with E-state index in [-0.39, 0.29) is 72.7 Å². The molecule has 26 heteroatoms. The van der Waals surface area contributed by atoms with E-state index in [0.29, 0.717) is 22.9 Å². The molecule has 2 aromatic carbocycles. The first-order chi connectivity index (χ1) is 38.3. The first kappa shape index (κ1) is 70.8. The highest BCUT2D eigenvalue weighted by atomic mass is 19.4. The van der Waals surface area contributed by atoms with Crippen LogP contribution in [0.25, 0.3) is 11.1 Å². The number of carbonyl (C=O) groups excluding carboxylic acids is 3. The molecule has 1 saturated heterocycles. The third-order valence-electron chi connectivity index (χ3n) is 12.1. The first-order valence-electron chi connectivity index (χ1n) is 25.9. The lowest BCUT2D eigenvalue weighted by atomic mass is 9.86. The summed E-state index contributed by atoms with van der Waals surface area (Å²) < 4.78 is 158. The normalized spacial score (nSPS) is 13.1. The smallest absolute Gasteiger partial charge is 0.435 e. The number of benzene rings is 2. The molecule has 1 aliphatic rings. The van der Waals surface area contributed by atoms with Gasteiger partial charge in [0.1, 0.15) is 36.2 Å². The van der Waals surface area contributed by atoms with Crippen LogP contribution in [-0.4, -0.2) is 82.9 Å². The van der Waals surface area contributed by atoms with E-state index in [4.69, 9.17) is 20.3 Å². The number of rotatable bonds is 15. The minimum atomic E-state index is -4.72. The highest BCUT2D eigenvalue weighted by molar-refractivity contribution is 5.94. The maximum Gasteiger partial charge on any atom is 0.435 e. The Morgan fingerprint density at radius 1 is 0.690 bits per heavy atom. The molecule has 0 aliphatic carbocycles. The number of hydrogen-bond acceptors (Lipinski definition) is 10. The molecule has 0 spiro atoms. The van der Waals surface area contributed by atoms with Crippen molar-refractivity contribution in [2.24, 2.45) is 5.73 Å². The summed E-state index contributed by atoms with van der Waals surface area (Å²) in [5.74, 6) is -6.57. The van der Waals surface area contributed by atoms with Crippen LogP contribution >= 0.6 is 0 Å². The number of primary amides is 1. The lowest BCUT2D eigenvalue weighted by Crippen LogP contribution is -2.23. The molecule has 0 saturated carbocycles. The number of ketones is 1. The zero-order valence-electron chi connectivity index (χ0n) is 47.4. The van der Waals surface area contributed by atoms with E-state index in [1.165, 1.54) is 41.9 Å². The summed E-state index contributed by atoms with van der Waals surface area (Å²) >= 11 is 0. The molecular weight excluding hydrogens is 1130 g/mol. The Hall–Kier alpha value is -7.51. The largest absolute Gasteiger partial charge is 0.480 e. The lowest BCUT2D eigenvalue weighted by molar-refractivity contribution is -0.144. The van der Waals surface area contributed by atoms with Crippen LogP contribution in [-0.2, 0) is 78.5 Å². The van der Waals surface area contributed by atoms with Gasteiger partial charge in [0, 0.05) is 76.7 Å². The Labute approximate surface area is 479 Å².